The number of aromatic nitrogens is 4. The minimum atomic E-state index is -0.264. The zero-order valence-corrected chi connectivity index (χ0v) is 12.7. The molecule has 0 bridgehead atoms. The molecule has 0 radical (unpaired) electrons. The van der Waals surface area contributed by atoms with Crippen molar-refractivity contribution >= 4 is 11.2 Å². The quantitative estimate of drug-likeness (QED) is 0.840. The summed E-state index contributed by atoms with van der Waals surface area (Å²) >= 11 is 0. The molecule has 1 aliphatic rings. The van der Waals surface area contributed by atoms with Gasteiger partial charge in [-0.2, -0.15) is 0 Å². The second-order valence-corrected chi connectivity index (χ2v) is 5.61. The van der Waals surface area contributed by atoms with Gasteiger partial charge in [0.2, 0.25) is 0 Å². The van der Waals surface area contributed by atoms with Crippen molar-refractivity contribution in [3.8, 4) is 0 Å². The van der Waals surface area contributed by atoms with E-state index in [2.05, 4.69) is 10.3 Å². The van der Waals surface area contributed by atoms with Crippen molar-refractivity contribution in [2.24, 2.45) is 14.1 Å². The minimum Gasteiger partial charge on any atom is -0.325 e. The van der Waals surface area contributed by atoms with Gasteiger partial charge in [0.15, 0.2) is 11.2 Å². The van der Waals surface area contributed by atoms with E-state index in [1.54, 1.807) is 7.05 Å². The summed E-state index contributed by atoms with van der Waals surface area (Å²) in [6.07, 6.45) is 2.34. The summed E-state index contributed by atoms with van der Waals surface area (Å²) in [4.78, 5) is 29.8. The molecule has 0 spiro atoms. The lowest BCUT2D eigenvalue weighted by Gasteiger charge is -2.24. The topological polar surface area (TPSA) is 73.8 Å². The number of piperidine rings is 1. The normalized spacial score (nSPS) is 16.7. The van der Waals surface area contributed by atoms with E-state index in [-0.39, 0.29) is 17.3 Å². The zero-order valence-electron chi connectivity index (χ0n) is 12.7. The molecule has 0 aliphatic carbocycles. The third kappa shape index (κ3) is 2.03. The van der Waals surface area contributed by atoms with E-state index >= 15 is 0 Å². The maximum atomic E-state index is 12.8. The maximum Gasteiger partial charge on any atom is 0.332 e. The van der Waals surface area contributed by atoms with Gasteiger partial charge in [0.25, 0.3) is 5.56 Å². The van der Waals surface area contributed by atoms with Crippen LogP contribution in [-0.4, -0.2) is 31.8 Å². The molecule has 0 atom stereocenters. The van der Waals surface area contributed by atoms with E-state index in [0.29, 0.717) is 11.2 Å². The summed E-state index contributed by atoms with van der Waals surface area (Å²) in [5.41, 5.74) is 0.525. The van der Waals surface area contributed by atoms with Crippen molar-refractivity contribution in [3.63, 3.8) is 0 Å². The third-order valence-electron chi connectivity index (χ3n) is 4.39. The number of hydrogen-bond acceptors (Lipinski definition) is 4. The van der Waals surface area contributed by atoms with Gasteiger partial charge in [0.05, 0.1) is 0 Å². The molecule has 3 rings (SSSR count). The number of hydrogen-bond donors (Lipinski definition) is 1. The molecule has 0 unspecified atom stereocenters. The van der Waals surface area contributed by atoms with Crippen LogP contribution in [0.3, 0.4) is 0 Å². The third-order valence-corrected chi connectivity index (χ3v) is 4.39. The number of nitrogens with zero attached hydrogens (tertiary/aromatic N) is 4. The van der Waals surface area contributed by atoms with Crippen LogP contribution in [0.1, 0.15) is 31.6 Å². The monoisotopic (exact) mass is 291 g/mol. The highest BCUT2D eigenvalue weighted by Crippen LogP contribution is 2.16. The molecule has 1 saturated heterocycles. The Balaban J connectivity index is 2.33. The molecule has 0 saturated carbocycles. The Hall–Kier alpha value is -1.89. The molecule has 3 heterocycles. The highest BCUT2D eigenvalue weighted by molar-refractivity contribution is 5.70. The lowest BCUT2D eigenvalue weighted by Crippen LogP contribution is -2.44. The van der Waals surface area contributed by atoms with Crippen molar-refractivity contribution in [2.75, 3.05) is 13.1 Å². The number of nitrogens with one attached hydrogen (secondary N) is 1. The van der Waals surface area contributed by atoms with E-state index in [9.17, 15) is 9.59 Å². The number of imidazole rings is 1. The lowest BCUT2D eigenvalue weighted by atomic mass is 10.1. The Morgan fingerprint density at radius 1 is 1.19 bits per heavy atom. The Bertz CT molecular complexity index is 792. The lowest BCUT2D eigenvalue weighted by molar-refractivity contribution is 0.347. The van der Waals surface area contributed by atoms with E-state index < -0.39 is 0 Å². The summed E-state index contributed by atoms with van der Waals surface area (Å²) in [5, 5.41) is 3.26. The molecule has 1 N–H and O–H groups in total. The van der Waals surface area contributed by atoms with Crippen LogP contribution < -0.4 is 16.6 Å². The fourth-order valence-electron chi connectivity index (χ4n) is 3.16. The standard InChI is InChI=1S/C14H21N5O2/c1-4-10-16-12-11(17(10)2)13(20)19(14(21)18(12)3)9-5-7-15-8-6-9/h9,15H,4-8H2,1-3H3. The first-order chi connectivity index (χ1) is 10.1. The summed E-state index contributed by atoms with van der Waals surface area (Å²) in [5.74, 6) is 0.820. The van der Waals surface area contributed by atoms with E-state index in [1.807, 2.05) is 18.5 Å². The van der Waals surface area contributed by atoms with Crippen molar-refractivity contribution in [1.29, 1.82) is 0 Å². The van der Waals surface area contributed by atoms with Gasteiger partial charge in [-0.1, -0.05) is 6.92 Å². The van der Waals surface area contributed by atoms with Crippen LogP contribution in [0, 0.1) is 0 Å². The number of aryl methyl sites for hydroxylation is 3. The van der Waals surface area contributed by atoms with Crippen molar-refractivity contribution < 1.29 is 0 Å². The van der Waals surface area contributed by atoms with Crippen LogP contribution in [0.4, 0.5) is 0 Å². The number of fused-ring (bicyclic) bond motifs is 1. The van der Waals surface area contributed by atoms with Crippen LogP contribution in [-0.2, 0) is 20.5 Å². The molecular weight excluding hydrogens is 270 g/mol. The van der Waals surface area contributed by atoms with Gasteiger partial charge >= 0.3 is 5.69 Å². The van der Waals surface area contributed by atoms with Gasteiger partial charge in [-0.25, -0.2) is 9.78 Å². The smallest absolute Gasteiger partial charge is 0.325 e. The first-order valence-corrected chi connectivity index (χ1v) is 7.43. The molecule has 1 fully saturated rings. The van der Waals surface area contributed by atoms with Gasteiger partial charge in [0, 0.05) is 26.6 Å². The fraction of sp³-hybridized carbons (Fsp3) is 0.643. The Kier molecular flexibility index (Phi) is 3.44. The van der Waals surface area contributed by atoms with Crippen molar-refractivity contribution in [2.45, 2.75) is 32.2 Å². The van der Waals surface area contributed by atoms with Crippen molar-refractivity contribution in [3.05, 3.63) is 26.7 Å². The maximum absolute atomic E-state index is 12.8. The molecule has 0 aromatic carbocycles. The Labute approximate surface area is 122 Å². The van der Waals surface area contributed by atoms with E-state index in [1.165, 1.54) is 9.13 Å². The van der Waals surface area contributed by atoms with Crippen LogP contribution in [0.15, 0.2) is 9.59 Å². The highest BCUT2D eigenvalue weighted by Gasteiger charge is 2.23. The van der Waals surface area contributed by atoms with Crippen LogP contribution in [0.5, 0.6) is 0 Å². The van der Waals surface area contributed by atoms with Gasteiger partial charge in [-0.05, 0) is 25.9 Å². The second kappa shape index (κ2) is 5.14. The molecule has 2 aromatic rings. The molecule has 1 aliphatic heterocycles. The predicted octanol–water partition coefficient (Wildman–Crippen LogP) is -0.0794. The summed E-state index contributed by atoms with van der Waals surface area (Å²) in [6.45, 7) is 3.67. The van der Waals surface area contributed by atoms with E-state index in [4.69, 9.17) is 0 Å². The summed E-state index contributed by atoms with van der Waals surface area (Å²) in [6, 6.07) is -0.0261. The van der Waals surface area contributed by atoms with Gasteiger partial charge < -0.3 is 9.88 Å². The molecular formula is C14H21N5O2. The molecule has 2 aromatic heterocycles. The fourth-order valence-corrected chi connectivity index (χ4v) is 3.16. The summed E-state index contributed by atoms with van der Waals surface area (Å²) < 4.78 is 4.73. The zero-order chi connectivity index (χ0) is 15.1. The SMILES string of the molecule is CCc1nc2c(c(=O)n(C3CCNCC3)c(=O)n2C)n1C. The second-order valence-electron chi connectivity index (χ2n) is 5.61. The number of rotatable bonds is 2. The largest absolute Gasteiger partial charge is 0.332 e. The van der Waals surface area contributed by atoms with Crippen molar-refractivity contribution in [1.82, 2.24) is 24.0 Å². The van der Waals surface area contributed by atoms with Gasteiger partial charge in [-0.3, -0.25) is 13.9 Å². The molecule has 7 heteroatoms. The first kappa shape index (κ1) is 14.1. The highest BCUT2D eigenvalue weighted by atomic mass is 16.2. The first-order valence-electron chi connectivity index (χ1n) is 7.43. The Morgan fingerprint density at radius 3 is 2.48 bits per heavy atom. The van der Waals surface area contributed by atoms with Crippen LogP contribution in [0.25, 0.3) is 11.2 Å². The molecule has 21 heavy (non-hydrogen) atoms. The average molecular weight is 291 g/mol. The molecule has 7 nitrogen and oxygen atoms in total. The summed E-state index contributed by atoms with van der Waals surface area (Å²) in [7, 11) is 3.53. The van der Waals surface area contributed by atoms with Gasteiger partial charge in [-0.15, -0.1) is 0 Å². The van der Waals surface area contributed by atoms with Crippen LogP contribution in [0.2, 0.25) is 0 Å². The predicted molar refractivity (Wildman–Crippen MR) is 80.7 cm³/mol. The average Bonchev–Trinajstić information content (AvgIpc) is 2.83. The molecule has 114 valence electrons. The minimum absolute atomic E-state index is 0.0261. The van der Waals surface area contributed by atoms with Gasteiger partial charge in [0.1, 0.15) is 5.82 Å². The van der Waals surface area contributed by atoms with Crippen LogP contribution >= 0.6 is 0 Å². The molecule has 0 amide bonds. The van der Waals surface area contributed by atoms with E-state index in [0.717, 1.165) is 38.2 Å². The Morgan fingerprint density at radius 2 is 1.86 bits per heavy atom.